The number of allylic oxidation sites excluding steroid dienone is 2. The number of hydrogen-bond donors (Lipinski definition) is 13. The summed E-state index contributed by atoms with van der Waals surface area (Å²) in [6.45, 7) is 8.49. The molecule has 5 heterocycles. The molecule has 434 valence electrons. The van der Waals surface area contributed by atoms with Gasteiger partial charge in [0.05, 0.1) is 56.3 Å². The van der Waals surface area contributed by atoms with Crippen LogP contribution in [0, 0.1) is 33.5 Å². The van der Waals surface area contributed by atoms with E-state index in [1.165, 1.54) is 6.92 Å². The molecule has 0 aromatic rings. The van der Waals surface area contributed by atoms with E-state index in [4.69, 9.17) is 42.6 Å². The summed E-state index contributed by atoms with van der Waals surface area (Å²) in [4.78, 5) is 27.6. The van der Waals surface area contributed by atoms with Crippen LogP contribution >= 0.6 is 0 Å². The van der Waals surface area contributed by atoms with E-state index in [2.05, 4.69) is 20.8 Å². The minimum Gasteiger partial charge on any atom is -0.396 e. The third kappa shape index (κ3) is 9.04. The van der Waals surface area contributed by atoms with Crippen molar-refractivity contribution in [2.24, 2.45) is 33.5 Å². The second kappa shape index (κ2) is 21.8. The van der Waals surface area contributed by atoms with Crippen LogP contribution in [0.15, 0.2) is 11.1 Å². The van der Waals surface area contributed by atoms with Crippen molar-refractivity contribution in [2.75, 3.05) is 33.0 Å². The second-order valence-electron chi connectivity index (χ2n) is 23.9. The Kier molecular flexibility index (Phi) is 16.9. The number of ketones is 2. The first kappa shape index (κ1) is 58.8. The van der Waals surface area contributed by atoms with Crippen molar-refractivity contribution in [2.45, 2.75) is 234 Å². The fourth-order valence-corrected chi connectivity index (χ4v) is 15.4. The standard InChI is InChI=1S/C52H82O24/c1-7-25(56)27-14-21(2)52(76-27)15-31(58)50(6)24-8-9-30-48(4,23(24)10-13-49(50,52)5)12-11-32(51(30,19-54)20-55)73-45-41(67)38(64)36(62)29(72-45)18-69-46-42(34(60)26(57)17-68-46)75-47-43(39(65)35(61)28(16-53)71-47)74-44-40(66)37(63)33(59)22(3)70-44/h21-22,26-30,32-47,53-55,57,59-67H,7-20H2,1-6H3. The molecule has 5 aliphatic heterocycles. The van der Waals surface area contributed by atoms with Crippen LogP contribution in [0.3, 0.4) is 0 Å². The molecule has 9 aliphatic rings. The zero-order valence-corrected chi connectivity index (χ0v) is 44.0. The lowest BCUT2D eigenvalue weighted by Gasteiger charge is -2.63. The van der Waals surface area contributed by atoms with Crippen LogP contribution in [0.1, 0.15) is 99.3 Å². The van der Waals surface area contributed by atoms with Crippen molar-refractivity contribution < 1.29 is 119 Å². The molecule has 27 atom stereocenters. The van der Waals surface area contributed by atoms with E-state index in [0.717, 1.165) is 11.1 Å². The Morgan fingerprint density at radius 2 is 1.29 bits per heavy atom. The van der Waals surface area contributed by atoms with Crippen molar-refractivity contribution in [3.63, 3.8) is 0 Å². The molecule has 0 bridgehead atoms. The van der Waals surface area contributed by atoms with Gasteiger partial charge in [0.25, 0.3) is 0 Å². The molecule has 24 heteroatoms. The molecular formula is C52H82O24. The Bertz CT molecular complexity index is 2130. The summed E-state index contributed by atoms with van der Waals surface area (Å²) < 4.78 is 54.2. The molecule has 0 radical (unpaired) electrons. The normalized spacial score (nSPS) is 52.4. The maximum absolute atomic E-state index is 14.7. The number of Topliss-reactive ketones (excluding diaryl/α,β-unsaturated/α-hetero) is 2. The summed E-state index contributed by atoms with van der Waals surface area (Å²) in [5, 5.41) is 142. The van der Waals surface area contributed by atoms with Crippen LogP contribution in [0.5, 0.6) is 0 Å². The van der Waals surface area contributed by atoms with Gasteiger partial charge in [0.1, 0.15) is 97.3 Å². The van der Waals surface area contributed by atoms with Gasteiger partial charge in [0.2, 0.25) is 0 Å². The fraction of sp³-hybridized carbons (Fsp3) is 0.923. The van der Waals surface area contributed by atoms with Gasteiger partial charge in [-0.15, -0.1) is 0 Å². The summed E-state index contributed by atoms with van der Waals surface area (Å²) in [5.74, 6) is -0.302. The van der Waals surface area contributed by atoms with Gasteiger partial charge in [-0.2, -0.15) is 0 Å². The predicted molar refractivity (Wildman–Crippen MR) is 255 cm³/mol. The number of carbonyl (C=O) groups is 2. The largest absolute Gasteiger partial charge is 0.396 e. The summed E-state index contributed by atoms with van der Waals surface area (Å²) in [7, 11) is 0. The van der Waals surface area contributed by atoms with E-state index in [1.807, 2.05) is 13.8 Å². The Labute approximate surface area is 440 Å². The monoisotopic (exact) mass is 1090 g/mol. The number of rotatable bonds is 14. The Balaban J connectivity index is 0.912. The van der Waals surface area contributed by atoms with Crippen molar-refractivity contribution in [3.05, 3.63) is 11.1 Å². The Morgan fingerprint density at radius 3 is 1.95 bits per heavy atom. The second-order valence-corrected chi connectivity index (χ2v) is 23.9. The molecule has 76 heavy (non-hydrogen) atoms. The van der Waals surface area contributed by atoms with Crippen molar-refractivity contribution >= 4 is 11.6 Å². The van der Waals surface area contributed by atoms with Crippen LogP contribution in [0.25, 0.3) is 0 Å². The number of fused-ring (bicyclic) bond motifs is 5. The summed E-state index contributed by atoms with van der Waals surface area (Å²) in [5.41, 5.74) is -2.06. The van der Waals surface area contributed by atoms with Gasteiger partial charge in [0.15, 0.2) is 30.9 Å². The highest BCUT2D eigenvalue weighted by Crippen LogP contribution is 2.74. The van der Waals surface area contributed by atoms with Crippen LogP contribution in [-0.2, 0) is 52.2 Å². The fourth-order valence-electron chi connectivity index (χ4n) is 15.4. The van der Waals surface area contributed by atoms with Crippen LogP contribution in [0.4, 0.5) is 0 Å². The lowest BCUT2D eigenvalue weighted by molar-refractivity contribution is -0.390. The zero-order chi connectivity index (χ0) is 55.4. The third-order valence-electron chi connectivity index (χ3n) is 20.3. The van der Waals surface area contributed by atoms with E-state index in [0.29, 0.717) is 44.9 Å². The van der Waals surface area contributed by atoms with Crippen molar-refractivity contribution in [1.82, 2.24) is 0 Å². The van der Waals surface area contributed by atoms with Gasteiger partial charge in [-0.05, 0) is 76.0 Å². The molecule has 24 nitrogen and oxygen atoms in total. The molecule has 13 N–H and O–H groups in total. The molecule has 7 fully saturated rings. The molecule has 4 aliphatic carbocycles. The maximum Gasteiger partial charge on any atom is 0.187 e. The number of aliphatic hydroxyl groups is 13. The molecule has 9 rings (SSSR count). The molecule has 27 unspecified atom stereocenters. The zero-order valence-electron chi connectivity index (χ0n) is 44.0. The molecule has 0 amide bonds. The van der Waals surface area contributed by atoms with E-state index >= 15 is 0 Å². The van der Waals surface area contributed by atoms with E-state index in [9.17, 15) is 76.0 Å². The van der Waals surface area contributed by atoms with E-state index in [1.54, 1.807) is 0 Å². The minimum absolute atomic E-state index is 0.0264. The summed E-state index contributed by atoms with van der Waals surface area (Å²) in [6, 6.07) is 0. The van der Waals surface area contributed by atoms with E-state index in [-0.39, 0.29) is 30.3 Å². The highest BCUT2D eigenvalue weighted by molar-refractivity contribution is 5.94. The topological polar surface area (TPSA) is 380 Å². The average Bonchev–Trinajstić information content (AvgIpc) is 4.05. The summed E-state index contributed by atoms with van der Waals surface area (Å²) >= 11 is 0. The molecule has 0 aromatic heterocycles. The third-order valence-corrected chi connectivity index (χ3v) is 20.3. The quantitative estimate of drug-likeness (QED) is 0.0758. The number of ether oxygens (including phenoxy) is 9. The van der Waals surface area contributed by atoms with Gasteiger partial charge >= 0.3 is 0 Å². The van der Waals surface area contributed by atoms with E-state index < -0.39 is 195 Å². The Hall–Kier alpha value is -1.80. The Morgan fingerprint density at radius 1 is 0.671 bits per heavy atom. The lowest BCUT2D eigenvalue weighted by atomic mass is 9.42. The first-order chi connectivity index (χ1) is 35.8. The van der Waals surface area contributed by atoms with Gasteiger partial charge in [-0.3, -0.25) is 9.59 Å². The highest BCUT2D eigenvalue weighted by Gasteiger charge is 2.75. The van der Waals surface area contributed by atoms with Crippen LogP contribution in [-0.4, -0.2) is 246 Å². The van der Waals surface area contributed by atoms with Gasteiger partial charge in [-0.25, -0.2) is 0 Å². The number of carbonyl (C=O) groups excluding carboxylic acids is 2. The predicted octanol–water partition coefficient (Wildman–Crippen LogP) is -3.29. The molecular weight excluding hydrogens is 1010 g/mol. The van der Waals surface area contributed by atoms with Crippen molar-refractivity contribution in [1.29, 1.82) is 0 Å². The summed E-state index contributed by atoms with van der Waals surface area (Å²) in [6.07, 6.45) is -29.9. The molecule has 0 aromatic carbocycles. The first-order valence-electron chi connectivity index (χ1n) is 27.1. The minimum atomic E-state index is -1.93. The van der Waals surface area contributed by atoms with Crippen LogP contribution in [0.2, 0.25) is 0 Å². The maximum atomic E-state index is 14.7. The van der Waals surface area contributed by atoms with Gasteiger partial charge < -0.3 is 109 Å². The highest BCUT2D eigenvalue weighted by atomic mass is 16.8. The molecule has 2 saturated carbocycles. The molecule has 1 spiro atoms. The smallest absolute Gasteiger partial charge is 0.187 e. The van der Waals surface area contributed by atoms with Gasteiger partial charge in [-0.1, -0.05) is 38.8 Å². The van der Waals surface area contributed by atoms with Crippen LogP contribution < -0.4 is 0 Å². The SMILES string of the molecule is CCC(=O)C1CC(C)C2(CC(=O)C3(C)C4=C(CCC32C)C2(C)CCC(OC3OC(COC5OCC(O)C(O)C5OC5OC(CO)C(O)C(O)C5OC5OC(C)C(O)C(O)C5O)C(O)C(O)C3O)C(CO)(CO)C2CC4)O1. The average molecular weight is 1090 g/mol. The number of hydrogen-bond acceptors (Lipinski definition) is 24. The van der Waals surface area contributed by atoms with Crippen molar-refractivity contribution in [3.8, 4) is 0 Å². The number of aliphatic hydroxyl groups excluding tert-OH is 13. The molecule has 5 saturated heterocycles. The van der Waals surface area contributed by atoms with Gasteiger partial charge in [0, 0.05) is 23.7 Å². The lowest BCUT2D eigenvalue weighted by Crippen LogP contribution is -2.66. The first-order valence-corrected chi connectivity index (χ1v) is 27.1.